The summed E-state index contributed by atoms with van der Waals surface area (Å²) in [6.45, 7) is 4.03. The van der Waals surface area contributed by atoms with Crippen molar-refractivity contribution < 1.29 is 9.84 Å². The summed E-state index contributed by atoms with van der Waals surface area (Å²) in [6.07, 6.45) is 4.29. The number of rotatable bonds is 4. The number of benzene rings is 1. The molecule has 1 aliphatic carbocycles. The van der Waals surface area contributed by atoms with Gasteiger partial charge in [0.05, 0.1) is 6.10 Å². The van der Waals surface area contributed by atoms with Crippen LogP contribution in [-0.2, 0) is 6.42 Å². The SMILES string of the molecule is Cc1ccc2c(c1)CC(CNCC1CCC(O)C1)O2. The van der Waals surface area contributed by atoms with Crippen LogP contribution >= 0.6 is 0 Å². The molecule has 1 saturated carbocycles. The lowest BCUT2D eigenvalue weighted by Gasteiger charge is -2.14. The second-order valence-electron chi connectivity index (χ2n) is 6.05. The molecule has 0 amide bonds. The predicted molar refractivity (Wildman–Crippen MR) is 75.5 cm³/mol. The average molecular weight is 261 g/mol. The predicted octanol–water partition coefficient (Wildman–Crippen LogP) is 2.05. The van der Waals surface area contributed by atoms with Crippen molar-refractivity contribution in [3.63, 3.8) is 0 Å². The summed E-state index contributed by atoms with van der Waals surface area (Å²) in [5, 5.41) is 13.0. The first-order chi connectivity index (χ1) is 9.20. The summed E-state index contributed by atoms with van der Waals surface area (Å²) in [5.74, 6) is 1.69. The Morgan fingerprint density at radius 1 is 1.32 bits per heavy atom. The van der Waals surface area contributed by atoms with Crippen molar-refractivity contribution >= 4 is 0 Å². The molecule has 0 bridgehead atoms. The molecule has 3 heteroatoms. The van der Waals surface area contributed by atoms with Gasteiger partial charge in [-0.2, -0.15) is 0 Å². The van der Waals surface area contributed by atoms with Gasteiger partial charge in [0, 0.05) is 13.0 Å². The zero-order valence-corrected chi connectivity index (χ0v) is 11.6. The largest absolute Gasteiger partial charge is 0.488 e. The van der Waals surface area contributed by atoms with E-state index in [2.05, 4.69) is 30.4 Å². The van der Waals surface area contributed by atoms with Crippen LogP contribution in [-0.4, -0.2) is 30.4 Å². The molecule has 2 N–H and O–H groups in total. The number of aliphatic hydroxyl groups is 1. The Kier molecular flexibility index (Phi) is 3.76. The van der Waals surface area contributed by atoms with Crippen molar-refractivity contribution in [2.24, 2.45) is 5.92 Å². The van der Waals surface area contributed by atoms with Crippen LogP contribution in [0.1, 0.15) is 30.4 Å². The third kappa shape index (κ3) is 3.10. The highest BCUT2D eigenvalue weighted by Gasteiger charge is 2.25. The minimum absolute atomic E-state index is 0.0678. The van der Waals surface area contributed by atoms with Gasteiger partial charge in [0.15, 0.2) is 0 Å². The number of fused-ring (bicyclic) bond motifs is 1. The molecule has 1 aromatic rings. The highest BCUT2D eigenvalue weighted by molar-refractivity contribution is 5.40. The summed E-state index contributed by atoms with van der Waals surface area (Å²) in [7, 11) is 0. The molecule has 3 atom stereocenters. The Bertz CT molecular complexity index is 446. The molecule has 104 valence electrons. The van der Waals surface area contributed by atoms with Crippen molar-refractivity contribution in [2.75, 3.05) is 13.1 Å². The molecule has 0 saturated heterocycles. The normalized spacial score (nSPS) is 29.3. The molecule has 1 fully saturated rings. The summed E-state index contributed by atoms with van der Waals surface area (Å²) in [6, 6.07) is 6.41. The molecule has 3 rings (SSSR count). The lowest BCUT2D eigenvalue weighted by molar-refractivity contribution is 0.176. The number of aliphatic hydroxyl groups excluding tert-OH is 1. The summed E-state index contributed by atoms with van der Waals surface area (Å²) in [5.41, 5.74) is 2.64. The van der Waals surface area contributed by atoms with E-state index in [9.17, 15) is 5.11 Å². The van der Waals surface area contributed by atoms with Crippen molar-refractivity contribution in [3.05, 3.63) is 29.3 Å². The standard InChI is InChI=1S/C16H23NO2/c1-11-2-5-16-13(6-11)8-15(19-16)10-17-9-12-3-4-14(18)7-12/h2,5-6,12,14-15,17-18H,3-4,7-10H2,1H3. The Labute approximate surface area is 115 Å². The Balaban J connectivity index is 1.43. The molecule has 19 heavy (non-hydrogen) atoms. The maximum absolute atomic E-state index is 9.50. The summed E-state index contributed by atoms with van der Waals surface area (Å²) < 4.78 is 5.94. The number of aryl methyl sites for hydroxylation is 1. The van der Waals surface area contributed by atoms with E-state index in [4.69, 9.17) is 4.74 Å². The Morgan fingerprint density at radius 3 is 3.00 bits per heavy atom. The molecular weight excluding hydrogens is 238 g/mol. The van der Waals surface area contributed by atoms with Crippen LogP contribution in [0.3, 0.4) is 0 Å². The quantitative estimate of drug-likeness (QED) is 0.871. The van der Waals surface area contributed by atoms with Crippen molar-refractivity contribution in [1.82, 2.24) is 5.32 Å². The second-order valence-corrected chi connectivity index (χ2v) is 6.05. The van der Waals surface area contributed by atoms with E-state index in [1.165, 1.54) is 11.1 Å². The number of hydrogen-bond donors (Lipinski definition) is 2. The van der Waals surface area contributed by atoms with Crippen LogP contribution in [0.25, 0.3) is 0 Å². The maximum Gasteiger partial charge on any atom is 0.123 e. The maximum atomic E-state index is 9.50. The molecule has 0 aromatic heterocycles. The van der Waals surface area contributed by atoms with Crippen molar-refractivity contribution in [1.29, 1.82) is 0 Å². The van der Waals surface area contributed by atoms with Crippen LogP contribution < -0.4 is 10.1 Å². The molecule has 3 unspecified atom stereocenters. The van der Waals surface area contributed by atoms with Gasteiger partial charge in [0.1, 0.15) is 11.9 Å². The van der Waals surface area contributed by atoms with Gasteiger partial charge in [0.2, 0.25) is 0 Å². The molecular formula is C16H23NO2. The monoisotopic (exact) mass is 261 g/mol. The van der Waals surface area contributed by atoms with E-state index in [1.54, 1.807) is 0 Å². The van der Waals surface area contributed by atoms with Crippen LogP contribution in [0, 0.1) is 12.8 Å². The zero-order chi connectivity index (χ0) is 13.2. The van der Waals surface area contributed by atoms with Gasteiger partial charge in [-0.05, 0) is 50.3 Å². The van der Waals surface area contributed by atoms with Crippen molar-refractivity contribution in [3.8, 4) is 5.75 Å². The third-order valence-corrected chi connectivity index (χ3v) is 4.28. The lowest BCUT2D eigenvalue weighted by Crippen LogP contribution is -2.33. The van der Waals surface area contributed by atoms with Gasteiger partial charge in [-0.25, -0.2) is 0 Å². The first-order valence-corrected chi connectivity index (χ1v) is 7.35. The van der Waals surface area contributed by atoms with Gasteiger partial charge >= 0.3 is 0 Å². The highest BCUT2D eigenvalue weighted by atomic mass is 16.5. The number of ether oxygens (including phenoxy) is 1. The zero-order valence-electron chi connectivity index (χ0n) is 11.6. The first-order valence-electron chi connectivity index (χ1n) is 7.35. The van der Waals surface area contributed by atoms with E-state index in [0.29, 0.717) is 5.92 Å². The van der Waals surface area contributed by atoms with Gasteiger partial charge < -0.3 is 15.2 Å². The van der Waals surface area contributed by atoms with Crippen LogP contribution in [0.5, 0.6) is 5.75 Å². The first kappa shape index (κ1) is 12.9. The molecule has 1 aromatic carbocycles. The Morgan fingerprint density at radius 2 is 2.21 bits per heavy atom. The molecule has 0 spiro atoms. The second kappa shape index (κ2) is 5.51. The Hall–Kier alpha value is -1.06. The molecule has 3 nitrogen and oxygen atoms in total. The number of hydrogen-bond acceptors (Lipinski definition) is 3. The number of nitrogens with one attached hydrogen (secondary N) is 1. The van der Waals surface area contributed by atoms with E-state index in [1.807, 2.05) is 0 Å². The van der Waals surface area contributed by atoms with Crippen molar-refractivity contribution in [2.45, 2.75) is 44.8 Å². The van der Waals surface area contributed by atoms with Gasteiger partial charge in [-0.15, -0.1) is 0 Å². The highest BCUT2D eigenvalue weighted by Crippen LogP contribution is 2.29. The summed E-state index contributed by atoms with van der Waals surface area (Å²) in [4.78, 5) is 0. The fourth-order valence-electron chi connectivity index (χ4n) is 3.25. The molecule has 2 aliphatic rings. The van der Waals surface area contributed by atoms with Gasteiger partial charge in [-0.3, -0.25) is 0 Å². The summed E-state index contributed by atoms with van der Waals surface area (Å²) >= 11 is 0. The average Bonchev–Trinajstić information content (AvgIpc) is 2.95. The molecule has 1 heterocycles. The van der Waals surface area contributed by atoms with Crippen LogP contribution in [0.2, 0.25) is 0 Å². The van der Waals surface area contributed by atoms with Crippen LogP contribution in [0.15, 0.2) is 18.2 Å². The fourth-order valence-corrected chi connectivity index (χ4v) is 3.25. The fraction of sp³-hybridized carbons (Fsp3) is 0.625. The topological polar surface area (TPSA) is 41.5 Å². The van der Waals surface area contributed by atoms with Crippen LogP contribution in [0.4, 0.5) is 0 Å². The minimum Gasteiger partial charge on any atom is -0.488 e. The van der Waals surface area contributed by atoms with E-state index < -0.39 is 0 Å². The van der Waals surface area contributed by atoms with E-state index >= 15 is 0 Å². The smallest absolute Gasteiger partial charge is 0.123 e. The van der Waals surface area contributed by atoms with Gasteiger partial charge in [-0.1, -0.05) is 17.7 Å². The lowest BCUT2D eigenvalue weighted by atomic mass is 10.1. The van der Waals surface area contributed by atoms with Gasteiger partial charge in [0.25, 0.3) is 0 Å². The van der Waals surface area contributed by atoms with E-state index in [-0.39, 0.29) is 12.2 Å². The van der Waals surface area contributed by atoms with E-state index in [0.717, 1.165) is 44.5 Å². The minimum atomic E-state index is -0.0678. The third-order valence-electron chi connectivity index (χ3n) is 4.28. The molecule has 0 radical (unpaired) electrons. The molecule has 1 aliphatic heterocycles.